The maximum Gasteiger partial charge on any atom is 0.417 e. The van der Waals surface area contributed by atoms with E-state index in [0.29, 0.717) is 10.7 Å². The van der Waals surface area contributed by atoms with Crippen LogP contribution < -0.4 is 5.32 Å². The summed E-state index contributed by atoms with van der Waals surface area (Å²) in [4.78, 5) is 13.3. The van der Waals surface area contributed by atoms with Gasteiger partial charge in [0, 0.05) is 25.9 Å². The van der Waals surface area contributed by atoms with Gasteiger partial charge in [-0.05, 0) is 24.6 Å². The molecule has 0 unspecified atom stereocenters. The Hall–Kier alpha value is -1.47. The Bertz CT molecular complexity index is 570. The highest BCUT2D eigenvalue weighted by Gasteiger charge is 2.54. The van der Waals surface area contributed by atoms with Crippen molar-refractivity contribution in [3.05, 3.63) is 28.8 Å². The van der Waals surface area contributed by atoms with E-state index in [-0.39, 0.29) is 13.1 Å². The number of hydrogen-bond acceptors (Lipinski definition) is 2. The number of nitrogens with one attached hydrogen (secondary N) is 1. The average Bonchev–Trinajstić information content (AvgIpc) is 2.42. The molecule has 2 amide bonds. The van der Waals surface area contributed by atoms with Gasteiger partial charge in [0.05, 0.1) is 10.7 Å². The number of carbonyl (C=O) groups is 1. The summed E-state index contributed by atoms with van der Waals surface area (Å²) >= 11 is 5.96. The molecular weight excluding hydrogens is 321 g/mol. The minimum absolute atomic E-state index is 0.175. The molecular formula is C14H16ClF3N2O2. The van der Waals surface area contributed by atoms with Crippen LogP contribution in [0.4, 0.5) is 23.7 Å². The van der Waals surface area contributed by atoms with Crippen LogP contribution >= 0.6 is 11.6 Å². The fraction of sp³-hybridized carbons (Fsp3) is 0.500. The molecule has 0 spiro atoms. The van der Waals surface area contributed by atoms with Gasteiger partial charge in [-0.15, -0.1) is 0 Å². The van der Waals surface area contributed by atoms with E-state index in [1.165, 1.54) is 4.90 Å². The number of aliphatic hydroxyl groups is 1. The number of rotatable bonds is 1. The number of halogens is 4. The molecule has 8 heteroatoms. The van der Waals surface area contributed by atoms with Gasteiger partial charge in [0.2, 0.25) is 0 Å². The van der Waals surface area contributed by atoms with Crippen LogP contribution in [0.3, 0.4) is 0 Å². The number of hydrogen-bond donors (Lipinski definition) is 2. The van der Waals surface area contributed by atoms with Gasteiger partial charge in [0.1, 0.15) is 0 Å². The molecule has 122 valence electrons. The minimum atomic E-state index is -4.69. The van der Waals surface area contributed by atoms with E-state index in [1.807, 2.05) is 6.92 Å². The Balaban J connectivity index is 2.00. The molecule has 1 aliphatic heterocycles. The third kappa shape index (κ3) is 3.47. The average molecular weight is 337 g/mol. The molecule has 1 saturated heterocycles. The lowest BCUT2D eigenvalue weighted by molar-refractivity contribution is -0.271. The van der Waals surface area contributed by atoms with Gasteiger partial charge in [-0.1, -0.05) is 17.7 Å². The smallest absolute Gasteiger partial charge is 0.380 e. The zero-order valence-corrected chi connectivity index (χ0v) is 12.6. The van der Waals surface area contributed by atoms with E-state index in [4.69, 9.17) is 11.6 Å². The minimum Gasteiger partial charge on any atom is -0.380 e. The van der Waals surface area contributed by atoms with Crippen LogP contribution in [0.2, 0.25) is 5.02 Å². The molecule has 4 nitrogen and oxygen atoms in total. The fourth-order valence-electron chi connectivity index (χ4n) is 2.29. The molecule has 0 atom stereocenters. The van der Waals surface area contributed by atoms with Gasteiger partial charge in [-0.25, -0.2) is 4.79 Å². The van der Waals surface area contributed by atoms with E-state index < -0.39 is 30.7 Å². The summed E-state index contributed by atoms with van der Waals surface area (Å²) in [6.45, 7) is 1.48. The van der Waals surface area contributed by atoms with Crippen molar-refractivity contribution in [2.75, 3.05) is 18.4 Å². The first-order valence-corrected chi connectivity index (χ1v) is 7.11. The number of carbonyl (C=O) groups excluding carboxylic acids is 1. The molecule has 1 aliphatic rings. The number of likely N-dealkylation sites (tertiary alicyclic amines) is 1. The van der Waals surface area contributed by atoms with Crippen LogP contribution in [0.25, 0.3) is 0 Å². The summed E-state index contributed by atoms with van der Waals surface area (Å²) in [5.74, 6) is 0. The number of nitrogens with zero attached hydrogens (tertiary/aromatic N) is 1. The monoisotopic (exact) mass is 336 g/mol. The summed E-state index contributed by atoms with van der Waals surface area (Å²) in [6, 6.07) is 4.56. The first-order chi connectivity index (χ1) is 10.1. The number of amides is 2. The molecule has 22 heavy (non-hydrogen) atoms. The Morgan fingerprint density at radius 1 is 1.36 bits per heavy atom. The zero-order chi connectivity index (χ0) is 16.5. The summed E-state index contributed by atoms with van der Waals surface area (Å²) in [6.07, 6.45) is -5.76. The lowest BCUT2D eigenvalue weighted by atomic mass is 9.91. The molecule has 1 aromatic rings. The molecule has 0 saturated carbocycles. The standard InChI is InChI=1S/C14H16ClF3N2O2/c1-9-2-3-10(15)11(8-9)19-12(21)20-6-4-13(22,5-7-20)14(16,17)18/h2-3,8,22H,4-7H2,1H3,(H,19,21). The van der Waals surface area contributed by atoms with Crippen LogP contribution in [0.15, 0.2) is 18.2 Å². The van der Waals surface area contributed by atoms with Crippen molar-refractivity contribution in [1.29, 1.82) is 0 Å². The Kier molecular flexibility index (Phi) is 4.58. The quantitative estimate of drug-likeness (QED) is 0.823. The van der Waals surface area contributed by atoms with Crippen molar-refractivity contribution in [2.24, 2.45) is 0 Å². The molecule has 0 aliphatic carbocycles. The molecule has 1 aromatic carbocycles. The first-order valence-electron chi connectivity index (χ1n) is 6.73. The summed E-state index contributed by atoms with van der Waals surface area (Å²) in [5.41, 5.74) is -1.42. The molecule has 0 bridgehead atoms. The van der Waals surface area contributed by atoms with Gasteiger partial charge >= 0.3 is 12.2 Å². The van der Waals surface area contributed by atoms with Crippen LogP contribution in [-0.4, -0.2) is 40.9 Å². The van der Waals surface area contributed by atoms with E-state index in [0.717, 1.165) is 5.56 Å². The number of urea groups is 1. The molecule has 1 fully saturated rings. The molecule has 0 aromatic heterocycles. The summed E-state index contributed by atoms with van der Waals surface area (Å²) in [7, 11) is 0. The van der Waals surface area contributed by atoms with Gasteiger partial charge in [-0.2, -0.15) is 13.2 Å². The second-order valence-electron chi connectivity index (χ2n) is 5.43. The first kappa shape index (κ1) is 16.9. The number of alkyl halides is 3. The fourth-order valence-corrected chi connectivity index (χ4v) is 2.46. The highest BCUT2D eigenvalue weighted by Crippen LogP contribution is 2.38. The summed E-state index contributed by atoms with van der Waals surface area (Å²) in [5, 5.41) is 12.5. The van der Waals surface area contributed by atoms with Crippen LogP contribution in [-0.2, 0) is 0 Å². The van der Waals surface area contributed by atoms with Gasteiger partial charge in [0.15, 0.2) is 5.60 Å². The van der Waals surface area contributed by atoms with Crippen molar-refractivity contribution in [1.82, 2.24) is 4.90 Å². The Labute approximate surface area is 130 Å². The van der Waals surface area contributed by atoms with Crippen molar-refractivity contribution in [2.45, 2.75) is 31.5 Å². The maximum atomic E-state index is 12.7. The van der Waals surface area contributed by atoms with Crippen molar-refractivity contribution in [3.8, 4) is 0 Å². The second-order valence-corrected chi connectivity index (χ2v) is 5.84. The predicted molar refractivity (Wildman–Crippen MR) is 77.0 cm³/mol. The second kappa shape index (κ2) is 5.96. The maximum absolute atomic E-state index is 12.7. The highest BCUT2D eigenvalue weighted by molar-refractivity contribution is 6.33. The lowest BCUT2D eigenvalue weighted by Crippen LogP contribution is -2.55. The summed E-state index contributed by atoms with van der Waals surface area (Å²) < 4.78 is 38.1. The van der Waals surface area contributed by atoms with Crippen LogP contribution in [0, 0.1) is 6.92 Å². The van der Waals surface area contributed by atoms with Crippen molar-refractivity contribution >= 4 is 23.3 Å². The number of anilines is 1. The normalized spacial score (nSPS) is 18.2. The van der Waals surface area contributed by atoms with Gasteiger partial charge in [-0.3, -0.25) is 0 Å². The topological polar surface area (TPSA) is 52.6 Å². The lowest BCUT2D eigenvalue weighted by Gasteiger charge is -2.39. The van der Waals surface area contributed by atoms with Crippen molar-refractivity contribution in [3.63, 3.8) is 0 Å². The van der Waals surface area contributed by atoms with Crippen molar-refractivity contribution < 1.29 is 23.1 Å². The van der Waals surface area contributed by atoms with Crippen LogP contribution in [0.1, 0.15) is 18.4 Å². The molecule has 2 N–H and O–H groups in total. The third-order valence-electron chi connectivity index (χ3n) is 3.77. The Morgan fingerprint density at radius 3 is 2.50 bits per heavy atom. The van der Waals surface area contributed by atoms with Crippen LogP contribution in [0.5, 0.6) is 0 Å². The van der Waals surface area contributed by atoms with Gasteiger partial charge < -0.3 is 15.3 Å². The van der Waals surface area contributed by atoms with E-state index in [2.05, 4.69) is 5.32 Å². The number of aryl methyl sites for hydroxylation is 1. The molecule has 2 rings (SSSR count). The van der Waals surface area contributed by atoms with E-state index in [1.54, 1.807) is 18.2 Å². The number of benzene rings is 1. The number of piperidine rings is 1. The third-order valence-corrected chi connectivity index (χ3v) is 4.10. The van der Waals surface area contributed by atoms with Gasteiger partial charge in [0.25, 0.3) is 0 Å². The molecule has 1 heterocycles. The molecule has 0 radical (unpaired) electrons. The van der Waals surface area contributed by atoms with E-state index in [9.17, 15) is 23.1 Å². The Morgan fingerprint density at radius 2 is 1.95 bits per heavy atom. The van der Waals surface area contributed by atoms with E-state index >= 15 is 0 Å². The predicted octanol–water partition coefficient (Wildman–Crippen LogP) is 3.57. The SMILES string of the molecule is Cc1ccc(Cl)c(NC(=O)N2CCC(O)(C(F)(F)F)CC2)c1. The highest BCUT2D eigenvalue weighted by atomic mass is 35.5. The zero-order valence-electron chi connectivity index (χ0n) is 11.9. The largest absolute Gasteiger partial charge is 0.417 e.